The SMILES string of the molecule is CCOC(=O)C(C(N)c1ccc(C#N)cc1)C1(C)OCCO1. The Bertz CT molecular complexity index is 559. The molecule has 2 atom stereocenters. The molecule has 0 saturated carbocycles. The predicted octanol–water partition coefficient (Wildman–Crippen LogP) is 1.50. The fourth-order valence-electron chi connectivity index (χ4n) is 2.60. The van der Waals surface area contributed by atoms with Gasteiger partial charge in [-0.25, -0.2) is 0 Å². The van der Waals surface area contributed by atoms with E-state index in [1.54, 1.807) is 38.1 Å². The van der Waals surface area contributed by atoms with Crippen molar-refractivity contribution in [1.29, 1.82) is 5.26 Å². The average molecular weight is 304 g/mol. The van der Waals surface area contributed by atoms with E-state index in [1.165, 1.54) is 0 Å². The zero-order chi connectivity index (χ0) is 16.2. The quantitative estimate of drug-likeness (QED) is 0.828. The first kappa shape index (κ1) is 16.4. The molecular formula is C16H20N2O4. The van der Waals surface area contributed by atoms with Crippen LogP contribution in [0.1, 0.15) is 31.0 Å². The third-order valence-electron chi connectivity index (χ3n) is 3.75. The van der Waals surface area contributed by atoms with Gasteiger partial charge in [-0.3, -0.25) is 4.79 Å². The molecule has 0 amide bonds. The summed E-state index contributed by atoms with van der Waals surface area (Å²) in [6.07, 6.45) is 0. The minimum atomic E-state index is -1.11. The number of carbonyl (C=O) groups is 1. The number of benzene rings is 1. The number of nitrogens with two attached hydrogens (primary N) is 1. The van der Waals surface area contributed by atoms with Gasteiger partial charge in [0.05, 0.1) is 31.5 Å². The Morgan fingerprint density at radius 3 is 2.50 bits per heavy atom. The van der Waals surface area contributed by atoms with Crippen molar-refractivity contribution in [3.8, 4) is 6.07 Å². The van der Waals surface area contributed by atoms with Gasteiger partial charge in [-0.2, -0.15) is 5.26 Å². The third kappa shape index (κ3) is 3.28. The molecule has 0 radical (unpaired) electrons. The molecule has 2 N–H and O–H groups in total. The van der Waals surface area contributed by atoms with Gasteiger partial charge < -0.3 is 19.9 Å². The summed E-state index contributed by atoms with van der Waals surface area (Å²) in [5.74, 6) is -2.36. The molecule has 118 valence electrons. The minimum Gasteiger partial charge on any atom is -0.466 e. The maximum Gasteiger partial charge on any atom is 0.316 e. The Morgan fingerprint density at radius 1 is 1.41 bits per heavy atom. The van der Waals surface area contributed by atoms with Crippen molar-refractivity contribution >= 4 is 5.97 Å². The molecule has 1 aromatic carbocycles. The van der Waals surface area contributed by atoms with Gasteiger partial charge >= 0.3 is 5.97 Å². The highest BCUT2D eigenvalue weighted by Crippen LogP contribution is 2.36. The van der Waals surface area contributed by atoms with Crippen molar-refractivity contribution in [1.82, 2.24) is 0 Å². The van der Waals surface area contributed by atoms with Crippen molar-refractivity contribution in [2.24, 2.45) is 11.7 Å². The van der Waals surface area contributed by atoms with Crippen LogP contribution in [0.15, 0.2) is 24.3 Å². The Hall–Kier alpha value is -1.94. The second-order valence-electron chi connectivity index (χ2n) is 5.20. The van der Waals surface area contributed by atoms with Crippen LogP contribution in [0.2, 0.25) is 0 Å². The molecule has 0 bridgehead atoms. The summed E-state index contributed by atoms with van der Waals surface area (Å²) in [6.45, 7) is 4.51. The summed E-state index contributed by atoms with van der Waals surface area (Å²) in [5.41, 5.74) is 7.53. The number of nitrogens with zero attached hydrogens (tertiary/aromatic N) is 1. The largest absolute Gasteiger partial charge is 0.466 e. The first-order chi connectivity index (χ1) is 10.5. The number of hydrogen-bond donors (Lipinski definition) is 1. The lowest BCUT2D eigenvalue weighted by Gasteiger charge is -2.34. The van der Waals surface area contributed by atoms with Crippen LogP contribution in [-0.2, 0) is 19.0 Å². The average Bonchev–Trinajstić information content (AvgIpc) is 2.95. The number of nitriles is 1. The number of esters is 1. The fraction of sp³-hybridized carbons (Fsp3) is 0.500. The summed E-state index contributed by atoms with van der Waals surface area (Å²) in [7, 11) is 0. The summed E-state index contributed by atoms with van der Waals surface area (Å²) in [6, 6.07) is 8.17. The van der Waals surface area contributed by atoms with E-state index < -0.39 is 23.7 Å². The molecule has 6 heteroatoms. The normalized spacial score (nSPS) is 19.2. The van der Waals surface area contributed by atoms with Gasteiger partial charge in [0.15, 0.2) is 5.79 Å². The van der Waals surface area contributed by atoms with Crippen molar-refractivity contribution in [2.45, 2.75) is 25.7 Å². The monoisotopic (exact) mass is 304 g/mol. The van der Waals surface area contributed by atoms with Crippen LogP contribution in [0.5, 0.6) is 0 Å². The summed E-state index contributed by atoms with van der Waals surface area (Å²) >= 11 is 0. The van der Waals surface area contributed by atoms with Gasteiger partial charge in [0.1, 0.15) is 5.92 Å². The zero-order valence-corrected chi connectivity index (χ0v) is 12.7. The molecule has 2 unspecified atom stereocenters. The Kier molecular flexibility index (Phi) is 5.14. The van der Waals surface area contributed by atoms with Crippen LogP contribution in [0.25, 0.3) is 0 Å². The molecule has 1 aliphatic heterocycles. The van der Waals surface area contributed by atoms with Crippen LogP contribution in [0.3, 0.4) is 0 Å². The van der Waals surface area contributed by atoms with Crippen LogP contribution in [0, 0.1) is 17.2 Å². The van der Waals surface area contributed by atoms with Crippen LogP contribution in [0.4, 0.5) is 0 Å². The van der Waals surface area contributed by atoms with Crippen molar-refractivity contribution in [3.05, 3.63) is 35.4 Å². The minimum absolute atomic E-state index is 0.255. The lowest BCUT2D eigenvalue weighted by molar-refractivity contribution is -0.204. The predicted molar refractivity (Wildman–Crippen MR) is 78.5 cm³/mol. The van der Waals surface area contributed by atoms with E-state index in [-0.39, 0.29) is 6.61 Å². The van der Waals surface area contributed by atoms with Crippen LogP contribution in [-0.4, -0.2) is 31.6 Å². The lowest BCUT2D eigenvalue weighted by Crippen LogP contribution is -2.47. The molecule has 22 heavy (non-hydrogen) atoms. The smallest absolute Gasteiger partial charge is 0.316 e. The summed E-state index contributed by atoms with van der Waals surface area (Å²) in [5, 5.41) is 8.85. The van der Waals surface area contributed by atoms with Crippen LogP contribution >= 0.6 is 0 Å². The molecule has 0 spiro atoms. The molecule has 1 heterocycles. The first-order valence-electron chi connectivity index (χ1n) is 7.22. The number of rotatable bonds is 5. The Labute approximate surface area is 129 Å². The molecular weight excluding hydrogens is 284 g/mol. The third-order valence-corrected chi connectivity index (χ3v) is 3.75. The summed E-state index contributed by atoms with van der Waals surface area (Å²) in [4.78, 5) is 12.4. The highest BCUT2D eigenvalue weighted by molar-refractivity contribution is 5.75. The van der Waals surface area contributed by atoms with Gasteiger partial charge in [0, 0.05) is 6.04 Å². The molecule has 6 nitrogen and oxygen atoms in total. The molecule has 1 saturated heterocycles. The maximum absolute atomic E-state index is 12.4. The molecule has 1 aliphatic rings. The molecule has 1 aromatic rings. The molecule has 2 rings (SSSR count). The fourth-order valence-corrected chi connectivity index (χ4v) is 2.60. The van der Waals surface area contributed by atoms with Gasteiger partial charge in [0.2, 0.25) is 0 Å². The number of carbonyl (C=O) groups excluding carboxylic acids is 1. The molecule has 1 fully saturated rings. The maximum atomic E-state index is 12.4. The lowest BCUT2D eigenvalue weighted by atomic mass is 9.87. The van der Waals surface area contributed by atoms with Crippen molar-refractivity contribution in [3.63, 3.8) is 0 Å². The molecule has 0 aliphatic carbocycles. The van der Waals surface area contributed by atoms with Gasteiger partial charge in [-0.15, -0.1) is 0 Å². The van der Waals surface area contributed by atoms with Crippen molar-refractivity contribution < 1.29 is 19.0 Å². The highest BCUT2D eigenvalue weighted by atomic mass is 16.7. The van der Waals surface area contributed by atoms with Crippen molar-refractivity contribution in [2.75, 3.05) is 19.8 Å². The van der Waals surface area contributed by atoms with E-state index in [4.69, 9.17) is 25.2 Å². The van der Waals surface area contributed by atoms with Gasteiger partial charge in [-0.05, 0) is 31.5 Å². The highest BCUT2D eigenvalue weighted by Gasteiger charge is 2.48. The van der Waals surface area contributed by atoms with E-state index in [0.29, 0.717) is 18.8 Å². The standard InChI is InChI=1S/C16H20N2O4/c1-3-20-15(19)13(16(2)21-8-9-22-16)14(18)12-6-4-11(10-17)5-7-12/h4-7,13-14H,3,8-9,18H2,1-2H3. The summed E-state index contributed by atoms with van der Waals surface area (Å²) < 4.78 is 16.3. The van der Waals surface area contributed by atoms with Gasteiger partial charge in [0.25, 0.3) is 0 Å². The van der Waals surface area contributed by atoms with E-state index in [2.05, 4.69) is 0 Å². The van der Waals surface area contributed by atoms with E-state index in [9.17, 15) is 4.79 Å². The second-order valence-corrected chi connectivity index (χ2v) is 5.20. The second kappa shape index (κ2) is 6.88. The number of ether oxygens (including phenoxy) is 3. The Balaban J connectivity index is 2.30. The van der Waals surface area contributed by atoms with Gasteiger partial charge in [-0.1, -0.05) is 12.1 Å². The molecule has 0 aromatic heterocycles. The first-order valence-corrected chi connectivity index (χ1v) is 7.22. The number of hydrogen-bond acceptors (Lipinski definition) is 6. The topological polar surface area (TPSA) is 94.6 Å². The zero-order valence-electron chi connectivity index (χ0n) is 12.7. The Morgan fingerprint density at radius 2 is 2.00 bits per heavy atom. The van der Waals surface area contributed by atoms with E-state index >= 15 is 0 Å². The van der Waals surface area contributed by atoms with E-state index in [1.807, 2.05) is 6.07 Å². The van der Waals surface area contributed by atoms with E-state index in [0.717, 1.165) is 5.56 Å². The van der Waals surface area contributed by atoms with Crippen LogP contribution < -0.4 is 5.73 Å².